The molecule has 1 rings (SSSR count). The third-order valence-corrected chi connectivity index (χ3v) is 7.09. The van der Waals surface area contributed by atoms with Crippen LogP contribution in [0.1, 0.15) is 39.0 Å². The summed E-state index contributed by atoms with van der Waals surface area (Å²) in [5.74, 6) is 0.483. The summed E-state index contributed by atoms with van der Waals surface area (Å²) in [5, 5.41) is 3.25. The van der Waals surface area contributed by atoms with Crippen molar-refractivity contribution in [3.63, 3.8) is 0 Å². The van der Waals surface area contributed by atoms with E-state index in [2.05, 4.69) is 26.1 Å². The Bertz CT molecular complexity index is 524. The topological polar surface area (TPSA) is 49.4 Å². The Kier molecular flexibility index (Phi) is 7.33. The summed E-state index contributed by atoms with van der Waals surface area (Å²) in [6.45, 7) is 10.1. The maximum absolute atomic E-state index is 12.6. The van der Waals surface area contributed by atoms with E-state index in [1.54, 1.807) is 13.1 Å². The highest BCUT2D eigenvalue weighted by Gasteiger charge is 2.27. The average molecular weight is 333 g/mol. The van der Waals surface area contributed by atoms with Gasteiger partial charge in [0.1, 0.15) is 4.21 Å². The van der Waals surface area contributed by atoms with Crippen LogP contribution in [0.3, 0.4) is 0 Å². The lowest BCUT2D eigenvalue weighted by atomic mass is 10.1. The van der Waals surface area contributed by atoms with E-state index in [4.69, 9.17) is 0 Å². The van der Waals surface area contributed by atoms with Crippen molar-refractivity contribution in [1.82, 2.24) is 9.62 Å². The zero-order valence-corrected chi connectivity index (χ0v) is 15.4. The van der Waals surface area contributed by atoms with Gasteiger partial charge in [0.25, 0.3) is 10.0 Å². The van der Waals surface area contributed by atoms with Gasteiger partial charge in [-0.05, 0) is 50.9 Å². The summed E-state index contributed by atoms with van der Waals surface area (Å²) in [7, 11) is -1.68. The van der Waals surface area contributed by atoms with Crippen molar-refractivity contribution < 1.29 is 8.42 Å². The van der Waals surface area contributed by atoms with E-state index >= 15 is 0 Å². The van der Waals surface area contributed by atoms with Crippen molar-refractivity contribution >= 4 is 21.4 Å². The van der Waals surface area contributed by atoms with Gasteiger partial charge in [0, 0.05) is 18.0 Å². The zero-order valence-electron chi connectivity index (χ0n) is 13.7. The first kappa shape index (κ1) is 18.6. The Morgan fingerprint density at radius 3 is 2.52 bits per heavy atom. The van der Waals surface area contributed by atoms with E-state index in [1.165, 1.54) is 15.6 Å². The maximum Gasteiger partial charge on any atom is 0.252 e. The summed E-state index contributed by atoms with van der Waals surface area (Å²) in [6, 6.07) is 3.68. The van der Waals surface area contributed by atoms with Crippen molar-refractivity contribution in [2.75, 3.05) is 20.1 Å². The molecule has 0 radical (unpaired) electrons. The molecule has 1 aromatic heterocycles. The first-order valence-corrected chi connectivity index (χ1v) is 9.82. The number of likely N-dealkylation sites (N-methyl/N-ethyl adjacent to an activating group) is 1. The fourth-order valence-corrected chi connectivity index (χ4v) is 5.14. The van der Waals surface area contributed by atoms with E-state index in [0.717, 1.165) is 30.8 Å². The summed E-state index contributed by atoms with van der Waals surface area (Å²) >= 11 is 1.39. The van der Waals surface area contributed by atoms with Gasteiger partial charge >= 0.3 is 0 Å². The van der Waals surface area contributed by atoms with Crippen molar-refractivity contribution in [2.24, 2.45) is 5.92 Å². The number of nitrogens with one attached hydrogen (secondary N) is 1. The number of hydrogen-bond acceptors (Lipinski definition) is 4. The molecule has 0 bridgehead atoms. The number of thiophene rings is 1. The minimum atomic E-state index is -3.36. The van der Waals surface area contributed by atoms with E-state index in [1.807, 2.05) is 13.0 Å². The molecule has 1 atom stereocenters. The predicted molar refractivity (Wildman–Crippen MR) is 90.4 cm³/mol. The summed E-state index contributed by atoms with van der Waals surface area (Å²) < 4.78 is 27.2. The number of sulfonamides is 1. The van der Waals surface area contributed by atoms with Crippen LogP contribution in [0, 0.1) is 5.92 Å². The smallest absolute Gasteiger partial charge is 0.252 e. The lowest BCUT2D eigenvalue weighted by Gasteiger charge is -2.24. The first-order valence-electron chi connectivity index (χ1n) is 7.56. The maximum atomic E-state index is 12.6. The van der Waals surface area contributed by atoms with Gasteiger partial charge in [0.2, 0.25) is 0 Å². The van der Waals surface area contributed by atoms with Crippen molar-refractivity contribution in [3.8, 4) is 0 Å². The van der Waals surface area contributed by atoms with Crippen LogP contribution in [0.15, 0.2) is 16.3 Å². The summed E-state index contributed by atoms with van der Waals surface area (Å²) in [5.41, 5.74) is 0. The number of hydrogen-bond donors (Lipinski definition) is 1. The largest absolute Gasteiger partial charge is 0.317 e. The monoisotopic (exact) mass is 332 g/mol. The second-order valence-corrected chi connectivity index (χ2v) is 9.22. The van der Waals surface area contributed by atoms with Gasteiger partial charge in [-0.3, -0.25) is 0 Å². The number of rotatable bonds is 9. The van der Waals surface area contributed by atoms with Gasteiger partial charge in [-0.25, -0.2) is 8.42 Å². The van der Waals surface area contributed by atoms with E-state index in [0.29, 0.717) is 10.1 Å². The molecule has 0 aromatic carbocycles. The quantitative estimate of drug-likeness (QED) is 0.707. The standard InChI is InChI=1S/C15H28N2O2S2/c1-6-16-10-9-14-7-8-15(20-14)21(18,19)17(5)13(4)11-12(2)3/h7-8,12-13,16H,6,9-11H2,1-5H3. The lowest BCUT2D eigenvalue weighted by Crippen LogP contribution is -2.35. The molecule has 4 nitrogen and oxygen atoms in total. The molecule has 0 saturated heterocycles. The van der Waals surface area contributed by atoms with Crippen LogP contribution in [0.5, 0.6) is 0 Å². The molecule has 122 valence electrons. The van der Waals surface area contributed by atoms with E-state index in [-0.39, 0.29) is 6.04 Å². The van der Waals surface area contributed by atoms with Gasteiger partial charge in [-0.15, -0.1) is 11.3 Å². The van der Waals surface area contributed by atoms with Crippen molar-refractivity contribution in [1.29, 1.82) is 0 Å². The van der Waals surface area contributed by atoms with Gasteiger partial charge in [-0.2, -0.15) is 4.31 Å². The molecular formula is C15H28N2O2S2. The predicted octanol–water partition coefficient (Wildman–Crippen LogP) is 2.96. The first-order chi connectivity index (χ1) is 9.78. The van der Waals surface area contributed by atoms with Crippen LogP contribution >= 0.6 is 11.3 Å². The van der Waals surface area contributed by atoms with Crippen LogP contribution in [-0.2, 0) is 16.4 Å². The minimum absolute atomic E-state index is 0.0160. The number of nitrogens with zero attached hydrogens (tertiary/aromatic N) is 1. The summed E-state index contributed by atoms with van der Waals surface area (Å²) in [4.78, 5) is 1.11. The second-order valence-electron chi connectivity index (χ2n) is 5.82. The van der Waals surface area contributed by atoms with Crippen LogP contribution < -0.4 is 5.32 Å². The highest BCUT2D eigenvalue weighted by Crippen LogP contribution is 2.26. The molecule has 0 fully saturated rings. The van der Waals surface area contributed by atoms with Gasteiger partial charge in [0.15, 0.2) is 0 Å². The zero-order chi connectivity index (χ0) is 16.0. The molecule has 1 heterocycles. The van der Waals surface area contributed by atoms with Gasteiger partial charge in [0.05, 0.1) is 0 Å². The molecule has 21 heavy (non-hydrogen) atoms. The lowest BCUT2D eigenvalue weighted by molar-refractivity contribution is 0.338. The van der Waals surface area contributed by atoms with Crippen LogP contribution in [-0.4, -0.2) is 38.9 Å². The Morgan fingerprint density at radius 2 is 1.95 bits per heavy atom. The molecule has 6 heteroatoms. The van der Waals surface area contributed by atoms with Gasteiger partial charge < -0.3 is 5.32 Å². The van der Waals surface area contributed by atoms with Gasteiger partial charge in [-0.1, -0.05) is 20.8 Å². The van der Waals surface area contributed by atoms with Crippen LogP contribution in [0.4, 0.5) is 0 Å². The van der Waals surface area contributed by atoms with Crippen LogP contribution in [0.25, 0.3) is 0 Å². The highest BCUT2D eigenvalue weighted by molar-refractivity contribution is 7.91. The Labute approximate surface area is 133 Å². The normalized spacial score (nSPS) is 14.0. The molecule has 0 aliphatic carbocycles. The molecule has 1 aromatic rings. The highest BCUT2D eigenvalue weighted by atomic mass is 32.2. The Balaban J connectivity index is 2.78. The molecule has 1 N–H and O–H groups in total. The third kappa shape index (κ3) is 5.36. The SMILES string of the molecule is CCNCCc1ccc(S(=O)(=O)N(C)C(C)CC(C)C)s1. The molecule has 1 unspecified atom stereocenters. The van der Waals surface area contributed by atoms with E-state index in [9.17, 15) is 8.42 Å². The molecule has 0 aliphatic heterocycles. The van der Waals surface area contributed by atoms with Crippen molar-refractivity contribution in [3.05, 3.63) is 17.0 Å². The molecule has 0 amide bonds. The van der Waals surface area contributed by atoms with E-state index < -0.39 is 10.0 Å². The molecular weight excluding hydrogens is 304 g/mol. The van der Waals surface area contributed by atoms with Crippen molar-refractivity contribution in [2.45, 2.75) is 50.8 Å². The Hall–Kier alpha value is -0.430. The fourth-order valence-electron chi connectivity index (χ4n) is 2.23. The Morgan fingerprint density at radius 1 is 1.29 bits per heavy atom. The second kappa shape index (κ2) is 8.27. The van der Waals surface area contributed by atoms with Crippen LogP contribution in [0.2, 0.25) is 0 Å². The summed E-state index contributed by atoms with van der Waals surface area (Å²) in [6.07, 6.45) is 1.74. The molecule has 0 spiro atoms. The molecule has 0 aliphatic rings. The minimum Gasteiger partial charge on any atom is -0.317 e. The third-order valence-electron chi connectivity index (χ3n) is 3.50. The average Bonchev–Trinajstić information content (AvgIpc) is 2.86. The molecule has 0 saturated carbocycles. The fraction of sp³-hybridized carbons (Fsp3) is 0.733.